The average Bonchev–Trinajstić information content (AvgIpc) is 3.06. The van der Waals surface area contributed by atoms with E-state index < -0.39 is 5.60 Å². The summed E-state index contributed by atoms with van der Waals surface area (Å²) >= 11 is 1.64. The van der Waals surface area contributed by atoms with Gasteiger partial charge in [-0.3, -0.25) is 4.79 Å². The van der Waals surface area contributed by atoms with Crippen LogP contribution in [-0.2, 0) is 16.1 Å². The molecule has 1 aliphatic heterocycles. The van der Waals surface area contributed by atoms with Gasteiger partial charge in [0.2, 0.25) is 5.91 Å². The number of hydrogen-bond donors (Lipinski definition) is 0. The highest BCUT2D eigenvalue weighted by Crippen LogP contribution is 2.22. The molecule has 1 fully saturated rings. The number of rotatable bonds is 3. The first kappa shape index (κ1) is 16.8. The summed E-state index contributed by atoms with van der Waals surface area (Å²) in [6, 6.07) is 4.01. The summed E-state index contributed by atoms with van der Waals surface area (Å²) in [4.78, 5) is 29.1. The van der Waals surface area contributed by atoms with E-state index >= 15 is 0 Å². The topological polar surface area (TPSA) is 49.9 Å². The molecule has 2 amide bonds. The smallest absolute Gasteiger partial charge is 0.410 e. The van der Waals surface area contributed by atoms with Gasteiger partial charge in [-0.25, -0.2) is 4.79 Å². The zero-order valence-corrected chi connectivity index (χ0v) is 14.5. The van der Waals surface area contributed by atoms with Crippen molar-refractivity contribution in [2.24, 2.45) is 5.92 Å². The van der Waals surface area contributed by atoms with Crippen LogP contribution in [0.5, 0.6) is 0 Å². The number of likely N-dealkylation sites (tertiary alicyclic amines) is 1. The zero-order chi connectivity index (χ0) is 16.3. The summed E-state index contributed by atoms with van der Waals surface area (Å²) in [5.74, 6) is -0.0306. The van der Waals surface area contributed by atoms with Crippen LogP contribution in [0, 0.1) is 5.92 Å². The van der Waals surface area contributed by atoms with Gasteiger partial charge in [0.1, 0.15) is 5.60 Å². The Morgan fingerprint density at radius 3 is 2.77 bits per heavy atom. The fraction of sp³-hybridized carbons (Fsp3) is 0.625. The third kappa shape index (κ3) is 4.47. The highest BCUT2D eigenvalue weighted by Gasteiger charge is 2.34. The molecule has 1 atom stereocenters. The molecule has 0 N–H and O–H groups in total. The Labute approximate surface area is 135 Å². The minimum absolute atomic E-state index is 0.0967. The van der Waals surface area contributed by atoms with Gasteiger partial charge in [0, 0.05) is 25.0 Å². The average molecular weight is 324 g/mol. The Balaban J connectivity index is 1.86. The Bertz CT molecular complexity index is 522. The summed E-state index contributed by atoms with van der Waals surface area (Å²) in [6.07, 6.45) is 0.371. The van der Waals surface area contributed by atoms with E-state index in [2.05, 4.69) is 0 Å². The van der Waals surface area contributed by atoms with Gasteiger partial charge < -0.3 is 14.5 Å². The van der Waals surface area contributed by atoms with Crippen molar-refractivity contribution >= 4 is 23.3 Å². The highest BCUT2D eigenvalue weighted by molar-refractivity contribution is 7.09. The van der Waals surface area contributed by atoms with E-state index in [1.165, 1.54) is 0 Å². The monoisotopic (exact) mass is 324 g/mol. The first-order valence-corrected chi connectivity index (χ1v) is 8.39. The fourth-order valence-electron chi connectivity index (χ4n) is 2.48. The summed E-state index contributed by atoms with van der Waals surface area (Å²) in [6.45, 7) is 7.19. The molecule has 22 heavy (non-hydrogen) atoms. The van der Waals surface area contributed by atoms with Gasteiger partial charge in [-0.15, -0.1) is 11.3 Å². The van der Waals surface area contributed by atoms with Gasteiger partial charge in [-0.05, 0) is 38.6 Å². The van der Waals surface area contributed by atoms with Gasteiger partial charge in [0.05, 0.1) is 12.5 Å². The maximum Gasteiger partial charge on any atom is 0.410 e. The molecule has 1 saturated heterocycles. The molecule has 1 aromatic rings. The first-order valence-electron chi connectivity index (χ1n) is 7.51. The molecule has 0 unspecified atom stereocenters. The SMILES string of the molecule is CN(Cc1cccs1)C(=O)[C@@H]1CCN(C(=O)OC(C)(C)C)C1. The number of carbonyl (C=O) groups is 2. The second-order valence-electron chi connectivity index (χ2n) is 6.69. The molecular formula is C16H24N2O3S. The number of nitrogens with zero attached hydrogens (tertiary/aromatic N) is 2. The molecule has 1 aliphatic rings. The van der Waals surface area contributed by atoms with E-state index in [0.29, 0.717) is 26.1 Å². The third-order valence-electron chi connectivity index (χ3n) is 3.54. The Hall–Kier alpha value is -1.56. The van der Waals surface area contributed by atoms with E-state index in [0.717, 1.165) is 4.88 Å². The predicted molar refractivity (Wildman–Crippen MR) is 86.7 cm³/mol. The summed E-state index contributed by atoms with van der Waals surface area (Å²) < 4.78 is 5.36. The van der Waals surface area contributed by atoms with E-state index in [4.69, 9.17) is 4.74 Å². The number of carbonyl (C=O) groups excluding carboxylic acids is 2. The van der Waals surface area contributed by atoms with Gasteiger partial charge >= 0.3 is 6.09 Å². The Kier molecular flexibility index (Phi) is 5.11. The number of ether oxygens (including phenoxy) is 1. The lowest BCUT2D eigenvalue weighted by molar-refractivity contribution is -0.134. The van der Waals surface area contributed by atoms with Gasteiger partial charge in [-0.2, -0.15) is 0 Å². The van der Waals surface area contributed by atoms with Crippen LogP contribution in [0.2, 0.25) is 0 Å². The normalized spacial score (nSPS) is 18.4. The van der Waals surface area contributed by atoms with E-state index in [-0.39, 0.29) is 17.9 Å². The molecule has 2 heterocycles. The third-order valence-corrected chi connectivity index (χ3v) is 4.40. The number of thiophene rings is 1. The summed E-state index contributed by atoms with van der Waals surface area (Å²) in [7, 11) is 1.82. The van der Waals surface area contributed by atoms with Crippen molar-refractivity contribution in [2.45, 2.75) is 39.3 Å². The second kappa shape index (κ2) is 6.69. The van der Waals surface area contributed by atoms with Crippen molar-refractivity contribution in [3.05, 3.63) is 22.4 Å². The van der Waals surface area contributed by atoms with Crippen LogP contribution < -0.4 is 0 Å². The van der Waals surface area contributed by atoms with Crippen molar-refractivity contribution in [3.63, 3.8) is 0 Å². The molecule has 0 aromatic carbocycles. The Morgan fingerprint density at radius 1 is 1.45 bits per heavy atom. The minimum atomic E-state index is -0.505. The molecule has 0 spiro atoms. The molecule has 122 valence electrons. The summed E-state index contributed by atoms with van der Waals surface area (Å²) in [5, 5.41) is 2.01. The van der Waals surface area contributed by atoms with E-state index in [9.17, 15) is 9.59 Å². The lowest BCUT2D eigenvalue weighted by Crippen LogP contribution is -2.38. The second-order valence-corrected chi connectivity index (χ2v) is 7.72. The van der Waals surface area contributed by atoms with E-state index in [1.54, 1.807) is 21.1 Å². The molecular weight excluding hydrogens is 300 g/mol. The largest absolute Gasteiger partial charge is 0.444 e. The molecule has 1 aromatic heterocycles. The Morgan fingerprint density at radius 2 is 2.18 bits per heavy atom. The fourth-order valence-corrected chi connectivity index (χ4v) is 3.24. The lowest BCUT2D eigenvalue weighted by atomic mass is 10.1. The molecule has 5 nitrogen and oxygen atoms in total. The molecule has 6 heteroatoms. The predicted octanol–water partition coefficient (Wildman–Crippen LogP) is 2.96. The zero-order valence-electron chi connectivity index (χ0n) is 13.7. The lowest BCUT2D eigenvalue weighted by Gasteiger charge is -2.25. The van der Waals surface area contributed by atoms with Crippen LogP contribution in [0.25, 0.3) is 0 Å². The molecule has 0 bridgehead atoms. The van der Waals surface area contributed by atoms with Crippen LogP contribution in [-0.4, -0.2) is 47.5 Å². The van der Waals surface area contributed by atoms with Crippen LogP contribution >= 0.6 is 11.3 Å². The van der Waals surface area contributed by atoms with Gasteiger partial charge in [-0.1, -0.05) is 6.07 Å². The highest BCUT2D eigenvalue weighted by atomic mass is 32.1. The van der Waals surface area contributed by atoms with Crippen LogP contribution in [0.15, 0.2) is 17.5 Å². The standard InChI is InChI=1S/C16H24N2O3S/c1-16(2,3)21-15(20)18-8-7-12(10-18)14(19)17(4)11-13-6-5-9-22-13/h5-6,9,12H,7-8,10-11H2,1-4H3/t12-/m1/s1. The van der Waals surface area contributed by atoms with Gasteiger partial charge in [0.25, 0.3) is 0 Å². The van der Waals surface area contributed by atoms with Crippen LogP contribution in [0.3, 0.4) is 0 Å². The quantitative estimate of drug-likeness (QED) is 0.859. The first-order chi connectivity index (χ1) is 10.3. The van der Waals surface area contributed by atoms with Crippen molar-refractivity contribution < 1.29 is 14.3 Å². The molecule has 0 aliphatic carbocycles. The maximum absolute atomic E-state index is 12.5. The molecule has 2 rings (SSSR count). The minimum Gasteiger partial charge on any atom is -0.444 e. The van der Waals surface area contributed by atoms with Crippen LogP contribution in [0.1, 0.15) is 32.1 Å². The van der Waals surface area contributed by atoms with Crippen LogP contribution in [0.4, 0.5) is 4.79 Å². The summed E-state index contributed by atoms with van der Waals surface area (Å²) in [5.41, 5.74) is -0.505. The van der Waals surface area contributed by atoms with Gasteiger partial charge in [0.15, 0.2) is 0 Å². The van der Waals surface area contributed by atoms with Crippen molar-refractivity contribution in [2.75, 3.05) is 20.1 Å². The number of hydrogen-bond acceptors (Lipinski definition) is 4. The van der Waals surface area contributed by atoms with Crippen molar-refractivity contribution in [1.82, 2.24) is 9.80 Å². The maximum atomic E-state index is 12.5. The molecule has 0 radical (unpaired) electrons. The number of amides is 2. The van der Waals surface area contributed by atoms with E-state index in [1.807, 2.05) is 45.3 Å². The van der Waals surface area contributed by atoms with Crippen molar-refractivity contribution in [1.29, 1.82) is 0 Å². The van der Waals surface area contributed by atoms with Crippen molar-refractivity contribution in [3.8, 4) is 0 Å². The molecule has 0 saturated carbocycles.